The third-order valence-corrected chi connectivity index (χ3v) is 6.27. The van der Waals surface area contributed by atoms with Crippen molar-refractivity contribution in [1.82, 2.24) is 14.4 Å². The summed E-state index contributed by atoms with van der Waals surface area (Å²) in [6, 6.07) is 20.1. The van der Waals surface area contributed by atoms with E-state index in [0.29, 0.717) is 6.61 Å². The first kappa shape index (κ1) is 22.6. The lowest BCUT2D eigenvalue weighted by Crippen LogP contribution is -2.50. The predicted molar refractivity (Wildman–Crippen MR) is 128 cm³/mol. The van der Waals surface area contributed by atoms with Crippen molar-refractivity contribution >= 4 is 17.5 Å². The van der Waals surface area contributed by atoms with Crippen molar-refractivity contribution in [1.29, 1.82) is 0 Å². The molecule has 1 aliphatic rings. The molecule has 32 heavy (non-hydrogen) atoms. The van der Waals surface area contributed by atoms with Crippen molar-refractivity contribution in [3.8, 4) is 0 Å². The van der Waals surface area contributed by atoms with Gasteiger partial charge in [-0.15, -0.1) is 0 Å². The van der Waals surface area contributed by atoms with Crippen molar-refractivity contribution in [2.45, 2.75) is 19.6 Å². The van der Waals surface area contributed by atoms with Crippen molar-refractivity contribution in [3.05, 3.63) is 94.3 Å². The van der Waals surface area contributed by atoms with E-state index in [-0.39, 0.29) is 12.0 Å². The molecule has 1 amide bonds. The quantitative estimate of drug-likeness (QED) is 0.522. The van der Waals surface area contributed by atoms with E-state index < -0.39 is 0 Å². The third-order valence-electron chi connectivity index (χ3n) is 6.02. The SMILES string of the molecule is Cc1cccc(CO[C@@H](CN2CCN(C(=O)c3cccn3C)CC2)c2ccc(Cl)cc2)c1. The van der Waals surface area contributed by atoms with Crippen LogP contribution in [0.2, 0.25) is 5.02 Å². The number of benzene rings is 2. The van der Waals surface area contributed by atoms with Crippen LogP contribution in [0.1, 0.15) is 33.3 Å². The molecule has 0 spiro atoms. The molecule has 2 aromatic carbocycles. The molecule has 5 nitrogen and oxygen atoms in total. The Morgan fingerprint density at radius 3 is 2.44 bits per heavy atom. The van der Waals surface area contributed by atoms with Crippen LogP contribution in [0.3, 0.4) is 0 Å². The summed E-state index contributed by atoms with van der Waals surface area (Å²) >= 11 is 6.11. The monoisotopic (exact) mass is 451 g/mol. The molecule has 0 unspecified atom stereocenters. The zero-order chi connectivity index (χ0) is 22.5. The van der Waals surface area contributed by atoms with E-state index in [4.69, 9.17) is 16.3 Å². The number of hydrogen-bond donors (Lipinski definition) is 0. The molecule has 0 N–H and O–H groups in total. The zero-order valence-electron chi connectivity index (χ0n) is 18.7. The number of carbonyl (C=O) groups is 1. The Balaban J connectivity index is 1.39. The maximum absolute atomic E-state index is 12.8. The minimum atomic E-state index is -0.0668. The Bertz CT molecular complexity index is 1040. The topological polar surface area (TPSA) is 37.7 Å². The fraction of sp³-hybridized carbons (Fsp3) is 0.346. The van der Waals surface area contributed by atoms with Crippen molar-refractivity contribution in [3.63, 3.8) is 0 Å². The molecule has 0 aliphatic carbocycles. The number of halogens is 1. The van der Waals surface area contributed by atoms with E-state index >= 15 is 0 Å². The van der Waals surface area contributed by atoms with E-state index in [0.717, 1.165) is 49.0 Å². The van der Waals surface area contributed by atoms with Gasteiger partial charge < -0.3 is 14.2 Å². The molecule has 1 saturated heterocycles. The molecule has 4 rings (SSSR count). The van der Waals surface area contributed by atoms with E-state index in [2.05, 4.69) is 36.1 Å². The number of nitrogens with zero attached hydrogens (tertiary/aromatic N) is 3. The van der Waals surface area contributed by atoms with Gasteiger partial charge in [-0.05, 0) is 42.3 Å². The lowest BCUT2D eigenvalue weighted by Gasteiger charge is -2.36. The summed E-state index contributed by atoms with van der Waals surface area (Å²) in [5, 5.41) is 0.721. The second-order valence-electron chi connectivity index (χ2n) is 8.44. The normalized spacial score (nSPS) is 15.7. The number of aryl methyl sites for hydroxylation is 2. The van der Waals surface area contributed by atoms with Crippen LogP contribution in [0.5, 0.6) is 0 Å². The molecule has 0 bridgehead atoms. The fourth-order valence-corrected chi connectivity index (χ4v) is 4.27. The molecule has 0 radical (unpaired) electrons. The Labute approximate surface area is 195 Å². The highest BCUT2D eigenvalue weighted by atomic mass is 35.5. The second-order valence-corrected chi connectivity index (χ2v) is 8.87. The summed E-state index contributed by atoms with van der Waals surface area (Å²) < 4.78 is 8.27. The van der Waals surface area contributed by atoms with Crippen molar-refractivity contribution in [2.75, 3.05) is 32.7 Å². The second kappa shape index (κ2) is 10.3. The maximum atomic E-state index is 12.8. The average Bonchev–Trinajstić information content (AvgIpc) is 3.23. The van der Waals surface area contributed by atoms with Crippen LogP contribution in [-0.2, 0) is 18.4 Å². The lowest BCUT2D eigenvalue weighted by atomic mass is 10.1. The van der Waals surface area contributed by atoms with Gasteiger partial charge in [0.15, 0.2) is 0 Å². The Hall–Kier alpha value is -2.60. The Kier molecular flexibility index (Phi) is 7.30. The average molecular weight is 452 g/mol. The van der Waals surface area contributed by atoms with Crippen LogP contribution in [0, 0.1) is 6.92 Å². The molecular formula is C26H30ClN3O2. The zero-order valence-corrected chi connectivity index (χ0v) is 19.5. The smallest absolute Gasteiger partial charge is 0.270 e. The van der Waals surface area contributed by atoms with Gasteiger partial charge in [-0.2, -0.15) is 0 Å². The number of hydrogen-bond acceptors (Lipinski definition) is 3. The van der Waals surface area contributed by atoms with Gasteiger partial charge in [-0.3, -0.25) is 9.69 Å². The molecule has 1 aromatic heterocycles. The van der Waals surface area contributed by atoms with Crippen LogP contribution < -0.4 is 0 Å². The van der Waals surface area contributed by atoms with Crippen LogP contribution >= 0.6 is 11.6 Å². The number of amides is 1. The Morgan fingerprint density at radius 1 is 1.03 bits per heavy atom. The van der Waals surface area contributed by atoms with Crippen molar-refractivity contribution in [2.24, 2.45) is 7.05 Å². The van der Waals surface area contributed by atoms with Gasteiger partial charge in [-0.25, -0.2) is 0 Å². The summed E-state index contributed by atoms with van der Waals surface area (Å²) in [6.07, 6.45) is 1.84. The van der Waals surface area contributed by atoms with E-state index in [9.17, 15) is 4.79 Å². The lowest BCUT2D eigenvalue weighted by molar-refractivity contribution is 0.00331. The number of piperazine rings is 1. The molecule has 6 heteroatoms. The van der Waals surface area contributed by atoms with Crippen molar-refractivity contribution < 1.29 is 9.53 Å². The summed E-state index contributed by atoms with van der Waals surface area (Å²) in [6.45, 7) is 6.52. The van der Waals surface area contributed by atoms with Gasteiger partial charge in [0.25, 0.3) is 5.91 Å². The Morgan fingerprint density at radius 2 is 1.78 bits per heavy atom. The van der Waals surface area contributed by atoms with Gasteiger partial charge in [0.05, 0.1) is 12.7 Å². The first-order valence-corrected chi connectivity index (χ1v) is 11.4. The first-order chi connectivity index (χ1) is 15.5. The minimum absolute atomic E-state index is 0.0668. The van der Waals surface area contributed by atoms with Gasteiger partial charge in [0, 0.05) is 51.0 Å². The number of rotatable bonds is 7. The van der Waals surface area contributed by atoms with Crippen LogP contribution in [0.4, 0.5) is 0 Å². The number of ether oxygens (including phenoxy) is 1. The number of aromatic nitrogens is 1. The molecule has 1 atom stereocenters. The van der Waals surface area contributed by atoms with Crippen LogP contribution in [0.15, 0.2) is 66.9 Å². The maximum Gasteiger partial charge on any atom is 0.270 e. The summed E-state index contributed by atoms with van der Waals surface area (Å²) in [5.41, 5.74) is 4.25. The van der Waals surface area contributed by atoms with E-state index in [1.807, 2.05) is 59.1 Å². The summed E-state index contributed by atoms with van der Waals surface area (Å²) in [7, 11) is 1.91. The highest BCUT2D eigenvalue weighted by molar-refractivity contribution is 6.30. The highest BCUT2D eigenvalue weighted by Crippen LogP contribution is 2.24. The van der Waals surface area contributed by atoms with Gasteiger partial charge >= 0.3 is 0 Å². The molecule has 2 heterocycles. The largest absolute Gasteiger partial charge is 0.368 e. The van der Waals surface area contributed by atoms with Gasteiger partial charge in [-0.1, -0.05) is 53.6 Å². The summed E-state index contributed by atoms with van der Waals surface area (Å²) in [4.78, 5) is 17.1. The van der Waals surface area contributed by atoms with E-state index in [1.54, 1.807) is 0 Å². The van der Waals surface area contributed by atoms with Gasteiger partial charge in [0.1, 0.15) is 5.69 Å². The van der Waals surface area contributed by atoms with Gasteiger partial charge in [0.2, 0.25) is 0 Å². The van der Waals surface area contributed by atoms with Crippen LogP contribution in [-0.4, -0.2) is 53.0 Å². The molecular weight excluding hydrogens is 422 g/mol. The highest BCUT2D eigenvalue weighted by Gasteiger charge is 2.25. The molecule has 1 aliphatic heterocycles. The standard InChI is InChI=1S/C26H30ClN3O2/c1-20-5-3-6-21(17-20)19-32-25(22-8-10-23(27)11-9-22)18-29-13-15-30(16-14-29)26(31)24-7-4-12-28(24)2/h3-12,17,25H,13-16,18-19H2,1-2H3/t25-/m0/s1. The minimum Gasteiger partial charge on any atom is -0.368 e. The third kappa shape index (κ3) is 5.60. The fourth-order valence-electron chi connectivity index (χ4n) is 4.14. The predicted octanol–water partition coefficient (Wildman–Crippen LogP) is 4.70. The summed E-state index contributed by atoms with van der Waals surface area (Å²) in [5.74, 6) is 0.0992. The first-order valence-electron chi connectivity index (χ1n) is 11.0. The van der Waals surface area contributed by atoms with E-state index in [1.165, 1.54) is 11.1 Å². The molecule has 168 valence electrons. The van der Waals surface area contributed by atoms with Crippen LogP contribution in [0.25, 0.3) is 0 Å². The molecule has 1 fully saturated rings. The molecule has 3 aromatic rings. The molecule has 0 saturated carbocycles. The number of carbonyl (C=O) groups excluding carboxylic acids is 1.